The first-order chi connectivity index (χ1) is 10.7. The van der Waals surface area contributed by atoms with E-state index in [4.69, 9.17) is 14.2 Å². The highest BCUT2D eigenvalue weighted by atomic mass is 16.5. The Kier molecular flexibility index (Phi) is 6.34. The molecule has 0 saturated carbocycles. The fraction of sp³-hybridized carbons (Fsp3) is 0.647. The van der Waals surface area contributed by atoms with Crippen LogP contribution in [0.4, 0.5) is 0 Å². The van der Waals surface area contributed by atoms with Gasteiger partial charge in [0.1, 0.15) is 0 Å². The number of ether oxygens (including phenoxy) is 3. The van der Waals surface area contributed by atoms with E-state index in [1.165, 1.54) is 19.3 Å². The molecule has 1 N–H and O–H groups in total. The molecular weight excluding hydrogens is 280 g/mol. The maximum Gasteiger partial charge on any atom is 0.203 e. The Labute approximate surface area is 133 Å². The van der Waals surface area contributed by atoms with Gasteiger partial charge in [0.15, 0.2) is 11.5 Å². The Balaban J connectivity index is 2.17. The zero-order chi connectivity index (χ0) is 15.9. The number of methoxy groups -OCH3 is 3. The van der Waals surface area contributed by atoms with Crippen molar-refractivity contribution in [2.24, 2.45) is 0 Å². The predicted octanol–water partition coefficient (Wildman–Crippen LogP) is 2.29. The van der Waals surface area contributed by atoms with Gasteiger partial charge in [-0.1, -0.05) is 6.07 Å². The van der Waals surface area contributed by atoms with Gasteiger partial charge in [0.2, 0.25) is 5.75 Å². The van der Waals surface area contributed by atoms with Crippen LogP contribution in [0, 0.1) is 0 Å². The third kappa shape index (κ3) is 3.84. The third-order valence-corrected chi connectivity index (χ3v) is 4.37. The van der Waals surface area contributed by atoms with E-state index in [9.17, 15) is 0 Å². The fourth-order valence-electron chi connectivity index (χ4n) is 3.13. The largest absolute Gasteiger partial charge is 0.493 e. The molecule has 1 saturated heterocycles. The summed E-state index contributed by atoms with van der Waals surface area (Å²) < 4.78 is 16.4. The van der Waals surface area contributed by atoms with Crippen molar-refractivity contribution in [2.75, 3.05) is 41.5 Å². The summed E-state index contributed by atoms with van der Waals surface area (Å²) in [7, 11) is 7.15. The van der Waals surface area contributed by atoms with Gasteiger partial charge >= 0.3 is 0 Å². The Hall–Kier alpha value is -1.46. The zero-order valence-electron chi connectivity index (χ0n) is 14.1. The molecule has 5 nitrogen and oxygen atoms in total. The van der Waals surface area contributed by atoms with Crippen LogP contribution in [0.2, 0.25) is 0 Å². The number of rotatable bonds is 6. The number of nitrogens with zero attached hydrogens (tertiary/aromatic N) is 1. The average Bonchev–Trinajstić information content (AvgIpc) is 2.83. The van der Waals surface area contributed by atoms with Crippen LogP contribution >= 0.6 is 0 Å². The van der Waals surface area contributed by atoms with Gasteiger partial charge in [0, 0.05) is 18.2 Å². The first-order valence-electron chi connectivity index (χ1n) is 7.90. The van der Waals surface area contributed by atoms with Crippen LogP contribution in [0.1, 0.15) is 24.8 Å². The number of nitrogens with one attached hydrogen (secondary N) is 1. The van der Waals surface area contributed by atoms with E-state index in [-0.39, 0.29) is 0 Å². The van der Waals surface area contributed by atoms with Gasteiger partial charge < -0.3 is 19.5 Å². The van der Waals surface area contributed by atoms with Gasteiger partial charge in [-0.05, 0) is 45.5 Å². The van der Waals surface area contributed by atoms with E-state index in [0.29, 0.717) is 17.5 Å². The predicted molar refractivity (Wildman–Crippen MR) is 88.1 cm³/mol. The molecule has 1 aliphatic heterocycles. The molecule has 5 heteroatoms. The van der Waals surface area contributed by atoms with E-state index in [1.54, 1.807) is 21.3 Å². The van der Waals surface area contributed by atoms with Gasteiger partial charge in [-0.25, -0.2) is 0 Å². The molecule has 0 aromatic heterocycles. The molecule has 1 unspecified atom stereocenters. The van der Waals surface area contributed by atoms with Crippen molar-refractivity contribution in [3.05, 3.63) is 17.7 Å². The second-order valence-electron chi connectivity index (χ2n) is 5.74. The van der Waals surface area contributed by atoms with Crippen LogP contribution in [0.5, 0.6) is 17.2 Å². The van der Waals surface area contributed by atoms with Crippen molar-refractivity contribution in [3.8, 4) is 17.2 Å². The van der Waals surface area contributed by atoms with Crippen LogP contribution in [0.3, 0.4) is 0 Å². The van der Waals surface area contributed by atoms with E-state index < -0.39 is 0 Å². The lowest BCUT2D eigenvalue weighted by Crippen LogP contribution is -2.32. The van der Waals surface area contributed by atoms with Crippen LogP contribution in [-0.4, -0.2) is 52.4 Å². The van der Waals surface area contributed by atoms with Gasteiger partial charge in [0.05, 0.1) is 21.3 Å². The van der Waals surface area contributed by atoms with Crippen molar-refractivity contribution in [3.63, 3.8) is 0 Å². The summed E-state index contributed by atoms with van der Waals surface area (Å²) in [6.07, 6.45) is 3.66. The van der Waals surface area contributed by atoms with E-state index in [2.05, 4.69) is 23.3 Å². The molecule has 1 fully saturated rings. The number of benzene rings is 1. The lowest BCUT2D eigenvalue weighted by Gasteiger charge is -2.28. The quantitative estimate of drug-likeness (QED) is 0.873. The SMILES string of the molecule is COc1ccc(CN(C)C2CCCNCC2)c(OC)c1OC. The maximum absolute atomic E-state index is 5.58. The molecule has 1 heterocycles. The molecule has 1 atom stereocenters. The molecule has 0 aliphatic carbocycles. The standard InChI is InChI=1S/C17H28N2O3/c1-19(14-6-5-10-18-11-9-14)12-13-7-8-15(20-2)17(22-4)16(13)21-3/h7-8,14,18H,5-6,9-12H2,1-4H3. The Morgan fingerprint density at radius 3 is 2.50 bits per heavy atom. The fourth-order valence-corrected chi connectivity index (χ4v) is 3.13. The molecule has 22 heavy (non-hydrogen) atoms. The minimum Gasteiger partial charge on any atom is -0.493 e. The van der Waals surface area contributed by atoms with E-state index >= 15 is 0 Å². The monoisotopic (exact) mass is 308 g/mol. The number of hydrogen-bond acceptors (Lipinski definition) is 5. The zero-order valence-corrected chi connectivity index (χ0v) is 14.1. The molecule has 0 spiro atoms. The molecule has 0 bridgehead atoms. The lowest BCUT2D eigenvalue weighted by atomic mass is 10.1. The summed E-state index contributed by atoms with van der Waals surface area (Å²) in [4.78, 5) is 2.41. The van der Waals surface area contributed by atoms with Crippen molar-refractivity contribution in [1.82, 2.24) is 10.2 Å². The van der Waals surface area contributed by atoms with Gasteiger partial charge in [-0.2, -0.15) is 0 Å². The Morgan fingerprint density at radius 2 is 1.82 bits per heavy atom. The topological polar surface area (TPSA) is 43.0 Å². The molecule has 1 aromatic rings. The molecule has 0 amide bonds. The van der Waals surface area contributed by atoms with Gasteiger partial charge in [-0.15, -0.1) is 0 Å². The first kappa shape index (κ1) is 16.9. The highest BCUT2D eigenvalue weighted by Gasteiger charge is 2.21. The summed E-state index contributed by atoms with van der Waals surface area (Å²) in [5.41, 5.74) is 1.12. The van der Waals surface area contributed by atoms with Gasteiger partial charge in [0.25, 0.3) is 0 Å². The minimum atomic E-state index is 0.604. The minimum absolute atomic E-state index is 0.604. The second-order valence-corrected chi connectivity index (χ2v) is 5.74. The number of hydrogen-bond donors (Lipinski definition) is 1. The lowest BCUT2D eigenvalue weighted by molar-refractivity contribution is 0.213. The van der Waals surface area contributed by atoms with Crippen molar-refractivity contribution < 1.29 is 14.2 Å². The molecule has 2 rings (SSSR count). The molecule has 1 aromatic carbocycles. The van der Waals surface area contributed by atoms with Crippen molar-refractivity contribution >= 4 is 0 Å². The third-order valence-electron chi connectivity index (χ3n) is 4.37. The molecule has 0 radical (unpaired) electrons. The van der Waals surface area contributed by atoms with Crippen LogP contribution in [0.25, 0.3) is 0 Å². The van der Waals surface area contributed by atoms with Gasteiger partial charge in [-0.3, -0.25) is 4.90 Å². The Morgan fingerprint density at radius 1 is 1.05 bits per heavy atom. The highest BCUT2D eigenvalue weighted by molar-refractivity contribution is 5.55. The van der Waals surface area contributed by atoms with Crippen LogP contribution in [-0.2, 0) is 6.54 Å². The maximum atomic E-state index is 5.58. The summed E-state index contributed by atoms with van der Waals surface area (Å²) in [5.74, 6) is 2.13. The summed E-state index contributed by atoms with van der Waals surface area (Å²) >= 11 is 0. The second kappa shape index (κ2) is 8.25. The van der Waals surface area contributed by atoms with E-state index in [0.717, 1.165) is 30.9 Å². The van der Waals surface area contributed by atoms with Crippen LogP contribution < -0.4 is 19.5 Å². The molecule has 124 valence electrons. The summed E-state index contributed by atoms with van der Waals surface area (Å²) in [5, 5.41) is 3.46. The van der Waals surface area contributed by atoms with Crippen molar-refractivity contribution in [1.29, 1.82) is 0 Å². The molecular formula is C17H28N2O3. The smallest absolute Gasteiger partial charge is 0.203 e. The van der Waals surface area contributed by atoms with Crippen molar-refractivity contribution in [2.45, 2.75) is 31.8 Å². The molecule has 1 aliphatic rings. The highest BCUT2D eigenvalue weighted by Crippen LogP contribution is 2.40. The summed E-state index contributed by atoms with van der Waals surface area (Å²) in [6, 6.07) is 4.61. The average molecular weight is 308 g/mol. The normalized spacial score (nSPS) is 18.9. The van der Waals surface area contributed by atoms with Crippen LogP contribution in [0.15, 0.2) is 12.1 Å². The summed E-state index contributed by atoms with van der Waals surface area (Å²) in [6.45, 7) is 3.07. The van der Waals surface area contributed by atoms with E-state index in [1.807, 2.05) is 6.07 Å². The first-order valence-corrected chi connectivity index (χ1v) is 7.90. The Bertz CT molecular complexity index is 471.